The summed E-state index contributed by atoms with van der Waals surface area (Å²) in [6, 6.07) is 8.94. The molecule has 2 aromatic rings. The first-order valence-corrected chi connectivity index (χ1v) is 6.67. The van der Waals surface area contributed by atoms with Gasteiger partial charge in [0.05, 0.1) is 5.56 Å². The normalized spacial score (nSPS) is 11.5. The molecule has 0 bridgehead atoms. The highest BCUT2D eigenvalue weighted by molar-refractivity contribution is 6.33. The molecule has 0 saturated carbocycles. The molecule has 0 heterocycles. The van der Waals surface area contributed by atoms with Crippen LogP contribution in [0, 0.1) is 0 Å². The lowest BCUT2D eigenvalue weighted by Crippen LogP contribution is -2.09. The Labute approximate surface area is 129 Å². The molecule has 0 amide bonds. The number of ketones is 1. The summed E-state index contributed by atoms with van der Waals surface area (Å²) in [5, 5.41) is 0.756. The van der Waals surface area contributed by atoms with E-state index in [1.165, 1.54) is 18.2 Å². The van der Waals surface area contributed by atoms with Crippen LogP contribution in [0.1, 0.15) is 21.5 Å². The van der Waals surface area contributed by atoms with E-state index in [0.29, 0.717) is 15.6 Å². The summed E-state index contributed by atoms with van der Waals surface area (Å²) in [5.74, 6) is -0.453. The first kappa shape index (κ1) is 15.9. The summed E-state index contributed by atoms with van der Waals surface area (Å²) >= 11 is 11.8. The summed E-state index contributed by atoms with van der Waals surface area (Å²) in [7, 11) is 0. The first-order valence-electron chi connectivity index (χ1n) is 5.92. The monoisotopic (exact) mass is 332 g/mol. The maximum atomic E-state index is 12.6. The van der Waals surface area contributed by atoms with Crippen molar-refractivity contribution in [1.29, 1.82) is 0 Å². The smallest absolute Gasteiger partial charge is 0.294 e. The summed E-state index contributed by atoms with van der Waals surface area (Å²) in [5.41, 5.74) is -0.391. The van der Waals surface area contributed by atoms with Crippen LogP contribution < -0.4 is 0 Å². The van der Waals surface area contributed by atoms with Crippen molar-refractivity contribution in [1.82, 2.24) is 0 Å². The van der Waals surface area contributed by atoms with Gasteiger partial charge in [-0.15, -0.1) is 0 Å². The molecule has 0 saturated heterocycles. The van der Waals surface area contributed by atoms with Crippen LogP contribution in [0.25, 0.3) is 0 Å². The predicted octanol–water partition coefficient (Wildman–Crippen LogP) is 5.44. The van der Waals surface area contributed by atoms with Crippen LogP contribution in [0.15, 0.2) is 42.5 Å². The van der Waals surface area contributed by atoms with Crippen LogP contribution >= 0.6 is 23.2 Å². The molecule has 0 aromatic heterocycles. The maximum Gasteiger partial charge on any atom is 0.416 e. The Hall–Kier alpha value is -1.52. The molecule has 0 aliphatic heterocycles. The fraction of sp³-hybridized carbons (Fsp3) is 0.133. The quantitative estimate of drug-likeness (QED) is 0.684. The van der Waals surface area contributed by atoms with Gasteiger partial charge >= 0.3 is 6.18 Å². The highest BCUT2D eigenvalue weighted by atomic mass is 35.5. The van der Waals surface area contributed by atoms with Crippen molar-refractivity contribution in [2.24, 2.45) is 0 Å². The second kappa shape index (κ2) is 6.08. The standard InChI is InChI=1S/C15H9Cl2F3O/c16-12-4-5-13(17)10(7-12)8-14(21)9-2-1-3-11(6-9)15(18,19)20/h1-7H,8H2. The zero-order chi connectivity index (χ0) is 15.6. The fourth-order valence-electron chi connectivity index (χ4n) is 1.82. The minimum absolute atomic E-state index is 0.0131. The Kier molecular flexibility index (Phi) is 4.59. The number of hydrogen-bond donors (Lipinski definition) is 0. The highest BCUT2D eigenvalue weighted by Gasteiger charge is 2.30. The van der Waals surface area contributed by atoms with Gasteiger partial charge in [0.1, 0.15) is 0 Å². The third-order valence-corrected chi connectivity index (χ3v) is 3.47. The molecular weight excluding hydrogens is 324 g/mol. The number of rotatable bonds is 3. The molecule has 0 N–H and O–H groups in total. The highest BCUT2D eigenvalue weighted by Crippen LogP contribution is 2.30. The molecule has 0 aliphatic rings. The second-order valence-electron chi connectivity index (χ2n) is 4.41. The Morgan fingerprint density at radius 1 is 1.05 bits per heavy atom. The van der Waals surface area contributed by atoms with Crippen molar-refractivity contribution >= 4 is 29.0 Å². The molecule has 110 valence electrons. The van der Waals surface area contributed by atoms with Gasteiger partial charge in [-0.3, -0.25) is 4.79 Å². The zero-order valence-corrected chi connectivity index (χ0v) is 12.1. The van der Waals surface area contributed by atoms with E-state index in [1.54, 1.807) is 12.1 Å². The Morgan fingerprint density at radius 2 is 1.76 bits per heavy atom. The summed E-state index contributed by atoms with van der Waals surface area (Å²) in [6.45, 7) is 0. The van der Waals surface area contributed by atoms with Gasteiger partial charge in [-0.25, -0.2) is 0 Å². The van der Waals surface area contributed by atoms with Gasteiger partial charge in [-0.05, 0) is 35.9 Å². The van der Waals surface area contributed by atoms with Crippen LogP contribution in [0.4, 0.5) is 13.2 Å². The lowest BCUT2D eigenvalue weighted by atomic mass is 10.0. The second-order valence-corrected chi connectivity index (χ2v) is 5.26. The van der Waals surface area contributed by atoms with Gasteiger partial charge in [0.25, 0.3) is 0 Å². The summed E-state index contributed by atoms with van der Waals surface area (Å²) in [4.78, 5) is 12.1. The van der Waals surface area contributed by atoms with Crippen LogP contribution in [0.2, 0.25) is 10.0 Å². The van der Waals surface area contributed by atoms with Crippen molar-refractivity contribution < 1.29 is 18.0 Å². The minimum atomic E-state index is -4.48. The molecule has 0 aliphatic carbocycles. The van der Waals surface area contributed by atoms with Crippen LogP contribution in [0.5, 0.6) is 0 Å². The molecule has 21 heavy (non-hydrogen) atoms. The van der Waals surface area contributed by atoms with E-state index < -0.39 is 17.5 Å². The third kappa shape index (κ3) is 3.99. The average molecular weight is 333 g/mol. The average Bonchev–Trinajstić information content (AvgIpc) is 2.42. The van der Waals surface area contributed by atoms with E-state index in [-0.39, 0.29) is 12.0 Å². The molecule has 0 unspecified atom stereocenters. The lowest BCUT2D eigenvalue weighted by molar-refractivity contribution is -0.137. The number of benzene rings is 2. The Balaban J connectivity index is 2.27. The molecule has 0 fully saturated rings. The molecule has 2 aromatic carbocycles. The van der Waals surface area contributed by atoms with Crippen molar-refractivity contribution in [2.45, 2.75) is 12.6 Å². The first-order chi connectivity index (χ1) is 9.77. The molecular formula is C15H9Cl2F3O. The Morgan fingerprint density at radius 3 is 2.43 bits per heavy atom. The van der Waals surface area contributed by atoms with E-state index >= 15 is 0 Å². The van der Waals surface area contributed by atoms with Gasteiger partial charge in [0.2, 0.25) is 0 Å². The molecule has 1 nitrogen and oxygen atoms in total. The van der Waals surface area contributed by atoms with Gasteiger partial charge in [-0.1, -0.05) is 35.3 Å². The van der Waals surface area contributed by atoms with Gasteiger partial charge in [0.15, 0.2) is 5.78 Å². The van der Waals surface area contributed by atoms with Crippen molar-refractivity contribution in [3.63, 3.8) is 0 Å². The SMILES string of the molecule is O=C(Cc1cc(Cl)ccc1Cl)c1cccc(C(F)(F)F)c1. The molecule has 6 heteroatoms. The number of carbonyl (C=O) groups excluding carboxylic acids is 1. The number of carbonyl (C=O) groups is 1. The van der Waals surface area contributed by atoms with E-state index in [4.69, 9.17) is 23.2 Å². The van der Waals surface area contributed by atoms with E-state index in [9.17, 15) is 18.0 Å². The van der Waals surface area contributed by atoms with Crippen LogP contribution in [0.3, 0.4) is 0 Å². The largest absolute Gasteiger partial charge is 0.416 e. The van der Waals surface area contributed by atoms with Crippen LogP contribution in [-0.4, -0.2) is 5.78 Å². The Bertz CT molecular complexity index is 681. The molecule has 0 spiro atoms. The van der Waals surface area contributed by atoms with E-state index in [0.717, 1.165) is 12.1 Å². The van der Waals surface area contributed by atoms with Crippen LogP contribution in [-0.2, 0) is 12.6 Å². The topological polar surface area (TPSA) is 17.1 Å². The maximum absolute atomic E-state index is 12.6. The zero-order valence-electron chi connectivity index (χ0n) is 10.5. The van der Waals surface area contributed by atoms with E-state index in [1.807, 2.05) is 0 Å². The van der Waals surface area contributed by atoms with Crippen molar-refractivity contribution in [2.75, 3.05) is 0 Å². The number of hydrogen-bond acceptors (Lipinski definition) is 1. The predicted molar refractivity (Wildman–Crippen MR) is 75.9 cm³/mol. The van der Waals surface area contributed by atoms with Crippen molar-refractivity contribution in [3.8, 4) is 0 Å². The van der Waals surface area contributed by atoms with Gasteiger partial charge in [-0.2, -0.15) is 13.2 Å². The molecule has 0 radical (unpaired) electrons. The fourth-order valence-corrected chi connectivity index (χ4v) is 2.20. The lowest BCUT2D eigenvalue weighted by Gasteiger charge is -2.09. The van der Waals surface area contributed by atoms with Gasteiger partial charge < -0.3 is 0 Å². The minimum Gasteiger partial charge on any atom is -0.294 e. The van der Waals surface area contributed by atoms with E-state index in [2.05, 4.69) is 0 Å². The molecule has 0 atom stereocenters. The number of alkyl halides is 3. The molecule has 2 rings (SSSR count). The third-order valence-electron chi connectivity index (χ3n) is 2.87. The number of Topliss-reactive ketones (excluding diaryl/α,β-unsaturated/α-hetero) is 1. The van der Waals surface area contributed by atoms with Gasteiger partial charge in [0, 0.05) is 22.0 Å². The van der Waals surface area contributed by atoms with Crippen molar-refractivity contribution in [3.05, 3.63) is 69.2 Å². The summed E-state index contributed by atoms with van der Waals surface area (Å²) < 4.78 is 37.9. The summed E-state index contributed by atoms with van der Waals surface area (Å²) in [6.07, 6.45) is -4.59. The number of halogens is 5.